The van der Waals surface area contributed by atoms with Crippen LogP contribution in [0.5, 0.6) is 5.75 Å². The molecule has 1 heterocycles. The summed E-state index contributed by atoms with van der Waals surface area (Å²) >= 11 is 0. The monoisotopic (exact) mass is 418 g/mol. The first-order valence-corrected chi connectivity index (χ1v) is 9.34. The first-order chi connectivity index (χ1) is 14.3. The first-order valence-electron chi connectivity index (χ1n) is 9.34. The highest BCUT2D eigenvalue weighted by molar-refractivity contribution is 5.81. The third-order valence-electron chi connectivity index (χ3n) is 4.49. The van der Waals surface area contributed by atoms with Crippen molar-refractivity contribution >= 4 is 22.6 Å². The Hall–Kier alpha value is -3.29. The predicted molar refractivity (Wildman–Crippen MR) is 107 cm³/mol. The number of pyridine rings is 1. The van der Waals surface area contributed by atoms with Crippen LogP contribution in [0, 0.1) is 0 Å². The van der Waals surface area contributed by atoms with E-state index in [0.717, 1.165) is 12.1 Å². The zero-order valence-corrected chi connectivity index (χ0v) is 16.5. The van der Waals surface area contributed by atoms with Crippen molar-refractivity contribution < 1.29 is 27.4 Å². The van der Waals surface area contributed by atoms with E-state index in [1.165, 1.54) is 6.07 Å². The number of ether oxygens (including phenoxy) is 2. The summed E-state index contributed by atoms with van der Waals surface area (Å²) in [5, 5.41) is 3.50. The van der Waals surface area contributed by atoms with Gasteiger partial charge in [0.15, 0.2) is 0 Å². The van der Waals surface area contributed by atoms with Crippen molar-refractivity contribution in [2.45, 2.75) is 25.6 Å². The Bertz CT molecular complexity index is 1020. The summed E-state index contributed by atoms with van der Waals surface area (Å²) in [7, 11) is 1.56. The second kappa shape index (κ2) is 9.02. The third kappa shape index (κ3) is 5.20. The summed E-state index contributed by atoms with van der Waals surface area (Å²) in [5.74, 6) is 0.241. The van der Waals surface area contributed by atoms with Gasteiger partial charge in [-0.2, -0.15) is 13.2 Å². The Morgan fingerprint density at radius 1 is 1.10 bits per heavy atom. The first kappa shape index (κ1) is 21.4. The number of rotatable bonds is 7. The van der Waals surface area contributed by atoms with Gasteiger partial charge in [0.2, 0.25) is 0 Å². The topological polar surface area (TPSA) is 60.5 Å². The molecule has 8 heteroatoms. The SMILES string of the molecule is CCOC(=O)C(Cc1ccc2cc(C(F)(F)F)ccc2n1)Nc1ccc(OC)cc1. The van der Waals surface area contributed by atoms with E-state index in [-0.39, 0.29) is 13.0 Å². The molecule has 0 saturated carbocycles. The van der Waals surface area contributed by atoms with Crippen molar-refractivity contribution in [2.24, 2.45) is 0 Å². The minimum absolute atomic E-state index is 0.210. The van der Waals surface area contributed by atoms with Crippen LogP contribution in [0.1, 0.15) is 18.2 Å². The molecule has 30 heavy (non-hydrogen) atoms. The molecule has 3 aromatic rings. The number of aromatic nitrogens is 1. The van der Waals surface area contributed by atoms with Crippen molar-refractivity contribution in [3.8, 4) is 5.75 Å². The maximum absolute atomic E-state index is 12.9. The molecule has 0 aliphatic rings. The molecule has 1 N–H and O–H groups in total. The van der Waals surface area contributed by atoms with Crippen LogP contribution in [0.2, 0.25) is 0 Å². The molecule has 158 valence electrons. The summed E-state index contributed by atoms with van der Waals surface area (Å²) in [6.07, 6.45) is -4.20. The van der Waals surface area contributed by atoms with Crippen LogP contribution < -0.4 is 10.1 Å². The van der Waals surface area contributed by atoms with Gasteiger partial charge in [0.05, 0.1) is 24.8 Å². The molecule has 1 unspecified atom stereocenters. The van der Waals surface area contributed by atoms with Crippen LogP contribution in [-0.4, -0.2) is 30.7 Å². The Kier molecular flexibility index (Phi) is 6.44. The normalized spacial score (nSPS) is 12.4. The number of carbonyl (C=O) groups is 1. The van der Waals surface area contributed by atoms with Crippen molar-refractivity contribution in [2.75, 3.05) is 19.0 Å². The Morgan fingerprint density at radius 3 is 2.47 bits per heavy atom. The number of esters is 1. The largest absolute Gasteiger partial charge is 0.497 e. The minimum Gasteiger partial charge on any atom is -0.497 e. The zero-order valence-electron chi connectivity index (χ0n) is 16.5. The molecule has 0 radical (unpaired) electrons. The predicted octanol–water partition coefficient (Wildman–Crippen LogP) is 4.85. The number of nitrogens with one attached hydrogen (secondary N) is 1. The van der Waals surface area contributed by atoms with Crippen LogP contribution in [0.3, 0.4) is 0 Å². The molecule has 0 aliphatic carbocycles. The second-order valence-electron chi connectivity index (χ2n) is 6.59. The summed E-state index contributed by atoms with van der Waals surface area (Å²) < 4.78 is 49.0. The average molecular weight is 418 g/mol. The smallest absolute Gasteiger partial charge is 0.416 e. The van der Waals surface area contributed by atoms with Crippen molar-refractivity contribution in [3.05, 3.63) is 65.9 Å². The van der Waals surface area contributed by atoms with E-state index in [9.17, 15) is 18.0 Å². The highest BCUT2D eigenvalue weighted by Crippen LogP contribution is 2.31. The standard InChI is InChI=1S/C22H21F3N2O3/c1-3-30-21(28)20(26-16-7-9-18(29-2)10-8-16)13-17-6-4-14-12-15(22(23,24)25)5-11-19(14)27-17/h4-12,20,26H,3,13H2,1-2H3. The summed E-state index contributed by atoms with van der Waals surface area (Å²) in [6, 6.07) is 12.9. The molecule has 2 aromatic carbocycles. The quantitative estimate of drug-likeness (QED) is 0.556. The minimum atomic E-state index is -4.41. The van der Waals surface area contributed by atoms with E-state index in [1.807, 2.05) is 0 Å². The number of benzene rings is 2. The Balaban J connectivity index is 1.83. The maximum atomic E-state index is 12.9. The fourth-order valence-corrected chi connectivity index (χ4v) is 2.99. The van der Waals surface area contributed by atoms with Crippen molar-refractivity contribution in [1.82, 2.24) is 4.98 Å². The lowest BCUT2D eigenvalue weighted by molar-refractivity contribution is -0.144. The summed E-state index contributed by atoms with van der Waals surface area (Å²) in [4.78, 5) is 16.8. The number of hydrogen-bond acceptors (Lipinski definition) is 5. The number of fused-ring (bicyclic) bond motifs is 1. The molecular formula is C22H21F3N2O3. The number of alkyl halides is 3. The highest BCUT2D eigenvalue weighted by atomic mass is 19.4. The fourth-order valence-electron chi connectivity index (χ4n) is 2.99. The molecule has 0 aliphatic heterocycles. The van der Waals surface area contributed by atoms with Gasteiger partial charge in [-0.05, 0) is 55.5 Å². The van der Waals surface area contributed by atoms with Gasteiger partial charge in [0, 0.05) is 23.2 Å². The van der Waals surface area contributed by atoms with Crippen LogP contribution in [-0.2, 0) is 22.1 Å². The lowest BCUT2D eigenvalue weighted by Crippen LogP contribution is -2.33. The maximum Gasteiger partial charge on any atom is 0.416 e. The Morgan fingerprint density at radius 2 is 1.83 bits per heavy atom. The third-order valence-corrected chi connectivity index (χ3v) is 4.49. The van der Waals surface area contributed by atoms with E-state index in [0.29, 0.717) is 28.0 Å². The van der Waals surface area contributed by atoms with E-state index < -0.39 is 23.8 Å². The van der Waals surface area contributed by atoms with E-state index in [4.69, 9.17) is 9.47 Å². The Labute approximate surface area is 171 Å². The van der Waals surface area contributed by atoms with Crippen molar-refractivity contribution in [3.63, 3.8) is 0 Å². The van der Waals surface area contributed by atoms with Gasteiger partial charge in [0.1, 0.15) is 11.8 Å². The molecule has 3 rings (SSSR count). The fraction of sp³-hybridized carbons (Fsp3) is 0.273. The van der Waals surface area contributed by atoms with Crippen LogP contribution in [0.25, 0.3) is 10.9 Å². The van der Waals surface area contributed by atoms with Crippen molar-refractivity contribution in [1.29, 1.82) is 0 Å². The molecule has 0 amide bonds. The molecule has 0 fully saturated rings. The molecular weight excluding hydrogens is 397 g/mol. The molecule has 1 atom stereocenters. The molecule has 0 spiro atoms. The second-order valence-corrected chi connectivity index (χ2v) is 6.59. The summed E-state index contributed by atoms with van der Waals surface area (Å²) in [6.45, 7) is 1.94. The van der Waals surface area contributed by atoms with E-state index in [1.54, 1.807) is 50.4 Å². The van der Waals surface area contributed by atoms with Crippen LogP contribution >= 0.6 is 0 Å². The average Bonchev–Trinajstić information content (AvgIpc) is 2.73. The number of halogens is 3. The van der Waals surface area contributed by atoms with Gasteiger partial charge in [-0.3, -0.25) is 4.98 Å². The van der Waals surface area contributed by atoms with Gasteiger partial charge < -0.3 is 14.8 Å². The van der Waals surface area contributed by atoms with Gasteiger partial charge in [0.25, 0.3) is 0 Å². The number of hydrogen-bond donors (Lipinski definition) is 1. The van der Waals surface area contributed by atoms with E-state index >= 15 is 0 Å². The van der Waals surface area contributed by atoms with Crippen LogP contribution in [0.4, 0.5) is 18.9 Å². The number of nitrogens with zero attached hydrogens (tertiary/aromatic N) is 1. The lowest BCUT2D eigenvalue weighted by Gasteiger charge is -2.18. The van der Waals surface area contributed by atoms with Gasteiger partial charge in [-0.1, -0.05) is 6.07 Å². The summed E-state index contributed by atoms with van der Waals surface area (Å²) in [5.41, 5.74) is 0.952. The van der Waals surface area contributed by atoms with Crippen LogP contribution in [0.15, 0.2) is 54.6 Å². The van der Waals surface area contributed by atoms with Gasteiger partial charge in [-0.15, -0.1) is 0 Å². The number of anilines is 1. The number of carbonyl (C=O) groups excluding carboxylic acids is 1. The molecule has 5 nitrogen and oxygen atoms in total. The van der Waals surface area contributed by atoms with Gasteiger partial charge >= 0.3 is 12.1 Å². The van der Waals surface area contributed by atoms with Gasteiger partial charge in [-0.25, -0.2) is 4.79 Å². The zero-order chi connectivity index (χ0) is 21.7. The molecule has 1 aromatic heterocycles. The molecule has 0 bridgehead atoms. The lowest BCUT2D eigenvalue weighted by atomic mass is 10.1. The molecule has 0 saturated heterocycles. The van der Waals surface area contributed by atoms with E-state index in [2.05, 4.69) is 10.3 Å². The highest BCUT2D eigenvalue weighted by Gasteiger charge is 2.30. The number of methoxy groups -OCH3 is 1.